The van der Waals surface area contributed by atoms with Crippen molar-refractivity contribution in [3.8, 4) is 0 Å². The Morgan fingerprint density at radius 3 is 2.17 bits per heavy atom. The van der Waals surface area contributed by atoms with Crippen molar-refractivity contribution < 1.29 is 0 Å². The van der Waals surface area contributed by atoms with Gasteiger partial charge in [-0.2, -0.15) is 0 Å². The third kappa shape index (κ3) is 4.11. The molecule has 0 bridgehead atoms. The van der Waals surface area contributed by atoms with Crippen molar-refractivity contribution in [1.82, 2.24) is 0 Å². The van der Waals surface area contributed by atoms with Crippen LogP contribution in [-0.2, 0) is 0 Å². The molecule has 3 aromatic carbocycles. The predicted octanol–water partition coefficient (Wildman–Crippen LogP) is 6.37. The van der Waals surface area contributed by atoms with Crippen molar-refractivity contribution in [3.63, 3.8) is 0 Å². The normalized spacial score (nSPS) is 11.3. The summed E-state index contributed by atoms with van der Waals surface area (Å²) in [4.78, 5) is 0. The van der Waals surface area contributed by atoms with Crippen LogP contribution in [0, 0.1) is 6.92 Å². The van der Waals surface area contributed by atoms with E-state index in [2.05, 4.69) is 101 Å². The quantitative estimate of drug-likeness (QED) is 0.531. The molecule has 0 aromatic heterocycles. The van der Waals surface area contributed by atoms with Crippen LogP contribution >= 0.6 is 15.9 Å². The van der Waals surface area contributed by atoms with Gasteiger partial charge in [0.1, 0.15) is 0 Å². The first-order chi connectivity index (χ1) is 11.2. The summed E-state index contributed by atoms with van der Waals surface area (Å²) in [5, 5.41) is 3.58. The summed E-state index contributed by atoms with van der Waals surface area (Å²) in [7, 11) is 0. The zero-order chi connectivity index (χ0) is 16.1. The van der Waals surface area contributed by atoms with Crippen LogP contribution in [0.1, 0.15) is 16.7 Å². The van der Waals surface area contributed by atoms with Crippen LogP contribution in [0.25, 0.3) is 11.8 Å². The molecule has 0 aliphatic rings. The minimum Gasteiger partial charge on any atom is -0.355 e. The largest absolute Gasteiger partial charge is 0.355 e. The van der Waals surface area contributed by atoms with E-state index in [0.29, 0.717) is 0 Å². The van der Waals surface area contributed by atoms with Gasteiger partial charge in [-0.1, -0.05) is 76.6 Å². The molecule has 0 spiro atoms. The maximum atomic E-state index is 3.58. The van der Waals surface area contributed by atoms with Crippen LogP contribution in [-0.4, -0.2) is 0 Å². The molecule has 0 heterocycles. The monoisotopic (exact) mass is 363 g/mol. The Balaban J connectivity index is 2.00. The molecular formula is C21H18BrN. The van der Waals surface area contributed by atoms with Gasteiger partial charge in [0.25, 0.3) is 0 Å². The van der Waals surface area contributed by atoms with E-state index < -0.39 is 0 Å². The Hall–Kier alpha value is -2.32. The Bertz CT molecular complexity index is 808. The molecule has 3 aromatic rings. The smallest absolute Gasteiger partial charge is 0.0463 e. The van der Waals surface area contributed by atoms with E-state index >= 15 is 0 Å². The first-order valence-corrected chi connectivity index (χ1v) is 8.37. The Morgan fingerprint density at radius 2 is 1.52 bits per heavy atom. The van der Waals surface area contributed by atoms with Crippen LogP contribution < -0.4 is 5.32 Å². The number of benzene rings is 3. The van der Waals surface area contributed by atoms with Gasteiger partial charge in [-0.25, -0.2) is 0 Å². The summed E-state index contributed by atoms with van der Waals surface area (Å²) < 4.78 is 1.09. The fourth-order valence-corrected chi connectivity index (χ4v) is 2.91. The molecule has 0 fully saturated rings. The molecule has 0 atom stereocenters. The minimum absolute atomic E-state index is 1.09. The van der Waals surface area contributed by atoms with Crippen LogP contribution in [0.2, 0.25) is 0 Å². The van der Waals surface area contributed by atoms with Gasteiger partial charge in [-0.15, -0.1) is 0 Å². The van der Waals surface area contributed by atoms with Gasteiger partial charge in [0.15, 0.2) is 0 Å². The Morgan fingerprint density at radius 1 is 0.870 bits per heavy atom. The third-order valence-electron chi connectivity index (χ3n) is 3.65. The summed E-state index contributed by atoms with van der Waals surface area (Å²) in [6.07, 6.45) is 2.18. The zero-order valence-corrected chi connectivity index (χ0v) is 14.5. The average molecular weight is 364 g/mol. The summed E-state index contributed by atoms with van der Waals surface area (Å²) >= 11 is 3.52. The lowest BCUT2D eigenvalue weighted by Gasteiger charge is -2.14. The van der Waals surface area contributed by atoms with E-state index in [-0.39, 0.29) is 0 Å². The highest BCUT2D eigenvalue weighted by atomic mass is 79.9. The summed E-state index contributed by atoms with van der Waals surface area (Å²) in [5.74, 6) is 0. The molecule has 3 rings (SSSR count). The maximum Gasteiger partial charge on any atom is 0.0463 e. The fraction of sp³-hybridized carbons (Fsp3) is 0.0476. The molecule has 0 unspecified atom stereocenters. The molecule has 1 N–H and O–H groups in total. The van der Waals surface area contributed by atoms with Gasteiger partial charge < -0.3 is 5.32 Å². The summed E-state index contributed by atoms with van der Waals surface area (Å²) in [5.41, 5.74) is 5.74. The van der Waals surface area contributed by atoms with Crippen molar-refractivity contribution in [2.45, 2.75) is 6.92 Å². The number of aryl methyl sites for hydroxylation is 1. The van der Waals surface area contributed by atoms with E-state index in [0.717, 1.165) is 15.9 Å². The maximum absolute atomic E-state index is 3.58. The molecule has 0 saturated heterocycles. The van der Waals surface area contributed by atoms with Crippen LogP contribution in [0.5, 0.6) is 0 Å². The van der Waals surface area contributed by atoms with Gasteiger partial charge in [0.05, 0.1) is 0 Å². The van der Waals surface area contributed by atoms with E-state index in [4.69, 9.17) is 0 Å². The number of rotatable bonds is 4. The van der Waals surface area contributed by atoms with Gasteiger partial charge in [0, 0.05) is 15.9 Å². The standard InChI is InChI=1S/C21H18BrN/c1-16-14-19(22)12-13-20(16)23-21(18-10-6-3-7-11-18)15-17-8-4-2-5-9-17/h2-15,23H,1H3/b21-15+. The lowest BCUT2D eigenvalue weighted by Crippen LogP contribution is -2.00. The molecule has 0 aliphatic heterocycles. The van der Waals surface area contributed by atoms with Crippen molar-refractivity contribution in [3.05, 3.63) is 100 Å². The first-order valence-electron chi connectivity index (χ1n) is 7.58. The van der Waals surface area contributed by atoms with E-state index in [9.17, 15) is 0 Å². The van der Waals surface area contributed by atoms with Crippen molar-refractivity contribution in [2.75, 3.05) is 5.32 Å². The molecular weight excluding hydrogens is 346 g/mol. The van der Waals surface area contributed by atoms with Crippen LogP contribution in [0.15, 0.2) is 83.3 Å². The van der Waals surface area contributed by atoms with Crippen LogP contribution in [0.4, 0.5) is 5.69 Å². The van der Waals surface area contributed by atoms with Crippen molar-refractivity contribution >= 4 is 33.4 Å². The summed E-state index contributed by atoms with van der Waals surface area (Å²) in [6.45, 7) is 2.11. The number of halogens is 1. The van der Waals surface area contributed by atoms with Gasteiger partial charge in [-0.3, -0.25) is 0 Å². The number of anilines is 1. The third-order valence-corrected chi connectivity index (χ3v) is 4.15. The van der Waals surface area contributed by atoms with Gasteiger partial charge in [-0.05, 0) is 47.9 Å². The van der Waals surface area contributed by atoms with E-state index in [1.807, 2.05) is 12.1 Å². The predicted molar refractivity (Wildman–Crippen MR) is 103 cm³/mol. The topological polar surface area (TPSA) is 12.0 Å². The lowest BCUT2D eigenvalue weighted by atomic mass is 10.1. The van der Waals surface area contributed by atoms with E-state index in [1.165, 1.54) is 16.7 Å². The highest BCUT2D eigenvalue weighted by Gasteiger charge is 2.05. The fourth-order valence-electron chi connectivity index (χ4n) is 2.44. The number of nitrogens with one attached hydrogen (secondary N) is 1. The SMILES string of the molecule is Cc1cc(Br)ccc1N/C(=C/c1ccccc1)c1ccccc1. The van der Waals surface area contributed by atoms with Gasteiger partial charge in [0.2, 0.25) is 0 Å². The molecule has 23 heavy (non-hydrogen) atoms. The highest BCUT2D eigenvalue weighted by Crippen LogP contribution is 2.25. The molecule has 0 aliphatic carbocycles. The van der Waals surface area contributed by atoms with E-state index in [1.54, 1.807) is 0 Å². The summed E-state index contributed by atoms with van der Waals surface area (Å²) in [6, 6.07) is 27.0. The molecule has 0 radical (unpaired) electrons. The number of hydrogen-bond donors (Lipinski definition) is 1. The molecule has 114 valence electrons. The first kappa shape index (κ1) is 15.6. The second kappa shape index (κ2) is 7.30. The minimum atomic E-state index is 1.09. The van der Waals surface area contributed by atoms with Crippen molar-refractivity contribution in [2.24, 2.45) is 0 Å². The zero-order valence-electron chi connectivity index (χ0n) is 13.0. The lowest BCUT2D eigenvalue weighted by molar-refractivity contribution is 1.42. The molecule has 0 saturated carbocycles. The van der Waals surface area contributed by atoms with Crippen LogP contribution in [0.3, 0.4) is 0 Å². The van der Waals surface area contributed by atoms with Crippen molar-refractivity contribution in [1.29, 1.82) is 0 Å². The molecule has 2 heteroatoms. The molecule has 1 nitrogen and oxygen atoms in total. The second-order valence-electron chi connectivity index (χ2n) is 5.42. The second-order valence-corrected chi connectivity index (χ2v) is 6.33. The highest BCUT2D eigenvalue weighted by molar-refractivity contribution is 9.10. The Labute approximate surface area is 145 Å². The molecule has 0 amide bonds. The average Bonchev–Trinajstić information content (AvgIpc) is 2.58. The number of hydrogen-bond acceptors (Lipinski definition) is 1. The van der Waals surface area contributed by atoms with Gasteiger partial charge >= 0.3 is 0 Å². The Kier molecular flexibility index (Phi) is 4.94.